The summed E-state index contributed by atoms with van der Waals surface area (Å²) in [5.41, 5.74) is 1.74. The van der Waals surface area contributed by atoms with Gasteiger partial charge >= 0.3 is 0 Å². The number of nitrogens with zero attached hydrogens (tertiary/aromatic N) is 2. The molecule has 0 aliphatic heterocycles. The Labute approximate surface area is 130 Å². The summed E-state index contributed by atoms with van der Waals surface area (Å²) in [7, 11) is 0. The van der Waals surface area contributed by atoms with Gasteiger partial charge in [-0.3, -0.25) is 0 Å². The van der Waals surface area contributed by atoms with Gasteiger partial charge in [0.05, 0.1) is 18.1 Å². The molecule has 0 atom stereocenters. The maximum atomic E-state index is 9.45. The molecule has 3 nitrogen and oxygen atoms in total. The third kappa shape index (κ3) is 3.78. The minimum absolute atomic E-state index is 0.0343. The SMILES string of the molecule is CC(C)(C#N)CCCCn1cc(CO)c2ccc(Cl)cc21. The van der Waals surface area contributed by atoms with E-state index in [1.807, 2.05) is 38.2 Å². The second-order valence-electron chi connectivity index (χ2n) is 6.12. The van der Waals surface area contributed by atoms with Crippen molar-refractivity contribution in [2.75, 3.05) is 0 Å². The minimum Gasteiger partial charge on any atom is -0.392 e. The van der Waals surface area contributed by atoms with Crippen LogP contribution in [0.25, 0.3) is 10.9 Å². The van der Waals surface area contributed by atoms with Crippen molar-refractivity contribution < 1.29 is 5.11 Å². The van der Waals surface area contributed by atoms with E-state index in [-0.39, 0.29) is 12.0 Å². The fraction of sp³-hybridized carbons (Fsp3) is 0.471. The van der Waals surface area contributed by atoms with Crippen LogP contribution in [0.15, 0.2) is 24.4 Å². The molecule has 1 heterocycles. The van der Waals surface area contributed by atoms with Crippen LogP contribution < -0.4 is 0 Å². The van der Waals surface area contributed by atoms with E-state index in [2.05, 4.69) is 10.6 Å². The lowest BCUT2D eigenvalue weighted by molar-refractivity contribution is 0.283. The first-order valence-electron chi connectivity index (χ1n) is 7.26. The van der Waals surface area contributed by atoms with Crippen LogP contribution in [0.5, 0.6) is 0 Å². The molecule has 4 heteroatoms. The molecule has 2 rings (SSSR count). The minimum atomic E-state index is -0.252. The summed E-state index contributed by atoms with van der Waals surface area (Å²) in [6, 6.07) is 8.08. The molecule has 0 aliphatic carbocycles. The molecule has 1 aromatic carbocycles. The smallest absolute Gasteiger partial charge is 0.0702 e. The molecule has 0 unspecified atom stereocenters. The van der Waals surface area contributed by atoms with Crippen LogP contribution in [0.1, 0.15) is 38.7 Å². The van der Waals surface area contributed by atoms with Crippen LogP contribution in [-0.2, 0) is 13.2 Å². The van der Waals surface area contributed by atoms with Crippen molar-refractivity contribution >= 4 is 22.5 Å². The molecule has 0 saturated carbocycles. The molecule has 0 amide bonds. The summed E-state index contributed by atoms with van der Waals surface area (Å²) in [4.78, 5) is 0. The molecule has 0 spiro atoms. The van der Waals surface area contributed by atoms with Crippen molar-refractivity contribution in [3.63, 3.8) is 0 Å². The summed E-state index contributed by atoms with van der Waals surface area (Å²) in [5.74, 6) is 0. The zero-order valence-electron chi connectivity index (χ0n) is 12.6. The number of benzene rings is 1. The standard InChI is InChI=1S/C17H21ClN2O/c1-17(2,12-19)7-3-4-8-20-10-13(11-21)15-6-5-14(18)9-16(15)20/h5-6,9-10,21H,3-4,7-8,11H2,1-2H3. The van der Waals surface area contributed by atoms with Crippen LogP contribution in [0.4, 0.5) is 0 Å². The van der Waals surface area contributed by atoms with E-state index in [9.17, 15) is 5.11 Å². The van der Waals surface area contributed by atoms with Crippen LogP contribution in [-0.4, -0.2) is 9.67 Å². The van der Waals surface area contributed by atoms with Gasteiger partial charge in [-0.2, -0.15) is 5.26 Å². The third-order valence-corrected chi connectivity index (χ3v) is 4.09. The van der Waals surface area contributed by atoms with E-state index < -0.39 is 0 Å². The van der Waals surface area contributed by atoms with E-state index in [1.165, 1.54) is 0 Å². The number of aromatic nitrogens is 1. The number of hydrogen-bond donors (Lipinski definition) is 1. The lowest BCUT2D eigenvalue weighted by Gasteiger charge is -2.14. The maximum absolute atomic E-state index is 9.45. The van der Waals surface area contributed by atoms with Gasteiger partial charge in [-0.05, 0) is 38.8 Å². The monoisotopic (exact) mass is 304 g/mol. The van der Waals surface area contributed by atoms with Gasteiger partial charge in [-0.25, -0.2) is 0 Å². The van der Waals surface area contributed by atoms with Gasteiger partial charge in [0.1, 0.15) is 0 Å². The predicted octanol–water partition coefficient (Wildman–Crippen LogP) is 4.51. The third-order valence-electron chi connectivity index (χ3n) is 3.85. The van der Waals surface area contributed by atoms with Crippen LogP contribution >= 0.6 is 11.6 Å². The Bertz CT molecular complexity index is 667. The second kappa shape index (κ2) is 6.51. The van der Waals surface area contributed by atoms with Crippen LogP contribution in [0, 0.1) is 16.7 Å². The Hall–Kier alpha value is -1.50. The zero-order valence-corrected chi connectivity index (χ0v) is 13.3. The zero-order chi connectivity index (χ0) is 15.5. The molecular formula is C17H21ClN2O. The Kier molecular flexibility index (Phi) is 4.92. The average molecular weight is 305 g/mol. The molecular weight excluding hydrogens is 284 g/mol. The molecule has 2 aromatic rings. The Balaban J connectivity index is 2.09. The topological polar surface area (TPSA) is 49.0 Å². The van der Waals surface area contributed by atoms with E-state index in [0.29, 0.717) is 5.02 Å². The molecule has 0 radical (unpaired) electrons. The van der Waals surface area contributed by atoms with Gasteiger partial charge in [-0.1, -0.05) is 24.1 Å². The first kappa shape index (κ1) is 15.9. The fourth-order valence-corrected chi connectivity index (χ4v) is 2.72. The van der Waals surface area contributed by atoms with E-state index in [1.54, 1.807) is 0 Å². The van der Waals surface area contributed by atoms with Gasteiger partial charge in [-0.15, -0.1) is 0 Å². The van der Waals surface area contributed by atoms with Gasteiger partial charge in [0.2, 0.25) is 0 Å². The fourth-order valence-electron chi connectivity index (χ4n) is 2.56. The number of fused-ring (bicyclic) bond motifs is 1. The highest BCUT2D eigenvalue weighted by molar-refractivity contribution is 6.31. The molecule has 1 aromatic heterocycles. The Morgan fingerprint density at radius 1 is 1.33 bits per heavy atom. The Morgan fingerprint density at radius 2 is 2.10 bits per heavy atom. The lowest BCUT2D eigenvalue weighted by atomic mass is 9.89. The summed E-state index contributed by atoms with van der Waals surface area (Å²) in [5, 5.41) is 20.2. The van der Waals surface area contributed by atoms with E-state index >= 15 is 0 Å². The number of aryl methyl sites for hydroxylation is 1. The van der Waals surface area contributed by atoms with Crippen molar-refractivity contribution in [1.29, 1.82) is 5.26 Å². The maximum Gasteiger partial charge on any atom is 0.0702 e. The normalized spacial score (nSPS) is 11.8. The molecule has 21 heavy (non-hydrogen) atoms. The highest BCUT2D eigenvalue weighted by atomic mass is 35.5. The van der Waals surface area contributed by atoms with Crippen LogP contribution in [0.3, 0.4) is 0 Å². The summed E-state index contributed by atoms with van der Waals surface area (Å²) < 4.78 is 2.14. The van der Waals surface area contributed by atoms with Gasteiger partial charge in [0.15, 0.2) is 0 Å². The quantitative estimate of drug-likeness (QED) is 0.798. The van der Waals surface area contributed by atoms with Crippen molar-refractivity contribution in [3.05, 3.63) is 35.0 Å². The Morgan fingerprint density at radius 3 is 2.76 bits per heavy atom. The number of rotatable bonds is 6. The van der Waals surface area contributed by atoms with Gasteiger partial charge in [0, 0.05) is 34.2 Å². The van der Waals surface area contributed by atoms with Crippen LogP contribution in [0.2, 0.25) is 5.02 Å². The summed E-state index contributed by atoms with van der Waals surface area (Å²) in [6.45, 7) is 4.86. The van der Waals surface area contributed by atoms with E-state index in [0.717, 1.165) is 42.3 Å². The largest absolute Gasteiger partial charge is 0.392 e. The number of nitriles is 1. The predicted molar refractivity (Wildman–Crippen MR) is 86.1 cm³/mol. The molecule has 1 N–H and O–H groups in total. The number of aliphatic hydroxyl groups excluding tert-OH is 1. The number of aliphatic hydroxyl groups is 1. The highest BCUT2D eigenvalue weighted by Gasteiger charge is 2.15. The first-order chi connectivity index (χ1) is 9.96. The molecule has 112 valence electrons. The molecule has 0 saturated heterocycles. The second-order valence-corrected chi connectivity index (χ2v) is 6.56. The van der Waals surface area contributed by atoms with Gasteiger partial charge < -0.3 is 9.67 Å². The van der Waals surface area contributed by atoms with Crippen molar-refractivity contribution in [3.8, 4) is 6.07 Å². The summed E-state index contributed by atoms with van der Waals surface area (Å²) in [6.07, 6.45) is 4.91. The number of halogens is 1. The molecule has 0 bridgehead atoms. The van der Waals surface area contributed by atoms with E-state index in [4.69, 9.17) is 16.9 Å². The van der Waals surface area contributed by atoms with Crippen molar-refractivity contribution in [2.45, 2.75) is 46.3 Å². The lowest BCUT2D eigenvalue weighted by Crippen LogP contribution is -2.08. The van der Waals surface area contributed by atoms with Gasteiger partial charge in [0.25, 0.3) is 0 Å². The molecule has 0 fully saturated rings. The first-order valence-corrected chi connectivity index (χ1v) is 7.64. The highest BCUT2D eigenvalue weighted by Crippen LogP contribution is 2.26. The molecule has 0 aliphatic rings. The summed E-state index contributed by atoms with van der Waals surface area (Å²) >= 11 is 6.07. The number of hydrogen-bond acceptors (Lipinski definition) is 2. The number of unbranched alkanes of at least 4 members (excludes halogenated alkanes) is 1. The van der Waals surface area contributed by atoms with Crippen molar-refractivity contribution in [2.24, 2.45) is 5.41 Å². The van der Waals surface area contributed by atoms with Crippen molar-refractivity contribution in [1.82, 2.24) is 4.57 Å². The average Bonchev–Trinajstić information content (AvgIpc) is 2.81.